The monoisotopic (exact) mass is 68.0 g/mol. The zero-order chi connectivity index (χ0) is 2.00. The van der Waals surface area contributed by atoms with E-state index < -0.39 is 0 Å². The molecular formula is C3H8Mg. The van der Waals surface area contributed by atoms with Gasteiger partial charge in [0.25, 0.3) is 0 Å². The van der Waals surface area contributed by atoms with Gasteiger partial charge in [-0.05, 0) is 0 Å². The second kappa shape index (κ2) is 49.1. The van der Waals surface area contributed by atoms with Crippen LogP contribution in [0.3, 0.4) is 0 Å². The van der Waals surface area contributed by atoms with Gasteiger partial charge < -0.3 is 14.4 Å². The summed E-state index contributed by atoms with van der Waals surface area (Å²) in [5.41, 5.74) is 0. The summed E-state index contributed by atoms with van der Waals surface area (Å²) in [7, 11) is 0. The van der Waals surface area contributed by atoms with E-state index in [2.05, 4.69) is 6.92 Å². The van der Waals surface area contributed by atoms with Crippen molar-refractivity contribution in [3.05, 3.63) is 14.4 Å². The summed E-state index contributed by atoms with van der Waals surface area (Å²) >= 11 is 0. The molecule has 0 aliphatic heterocycles. The first-order valence-corrected chi connectivity index (χ1v) is 0.707. The molecule has 0 radical (unpaired) electrons. The summed E-state index contributed by atoms with van der Waals surface area (Å²) in [5.74, 6) is 0. The fourth-order valence-electron chi connectivity index (χ4n) is 0. The van der Waals surface area contributed by atoms with Crippen molar-refractivity contribution in [2.45, 2.75) is 6.92 Å². The van der Waals surface area contributed by atoms with Gasteiger partial charge in [0.1, 0.15) is 0 Å². The Bertz CT molecular complexity index is 3.25. The van der Waals surface area contributed by atoms with Crippen LogP contribution in [0.2, 0.25) is 0 Å². The molecule has 0 bridgehead atoms. The molecule has 0 fully saturated rings. The van der Waals surface area contributed by atoms with Gasteiger partial charge in [0, 0.05) is 0 Å². The summed E-state index contributed by atoms with van der Waals surface area (Å²) in [4.78, 5) is 0. The minimum absolute atomic E-state index is 0. The third-order valence-corrected chi connectivity index (χ3v) is 0. The van der Waals surface area contributed by atoms with Crippen LogP contribution >= 0.6 is 0 Å². The van der Waals surface area contributed by atoms with E-state index in [0.717, 1.165) is 0 Å². The molecule has 0 unspecified atom stereocenters. The smallest absolute Gasteiger partial charge is 0.358 e. The molecule has 0 saturated heterocycles. The van der Waals surface area contributed by atoms with Crippen molar-refractivity contribution in [2.24, 2.45) is 0 Å². The minimum Gasteiger partial charge on any atom is -0.358 e. The third-order valence-electron chi connectivity index (χ3n) is 0. The molecule has 0 aromatic rings. The molecule has 0 heterocycles. The molecule has 0 atom stereocenters. The van der Waals surface area contributed by atoms with Crippen LogP contribution < -0.4 is 0 Å². The van der Waals surface area contributed by atoms with Gasteiger partial charge >= 0.3 is 23.1 Å². The predicted molar refractivity (Wildman–Crippen MR) is 23.2 cm³/mol. The number of hydrogen-bond donors (Lipinski definition) is 0. The van der Waals surface area contributed by atoms with Gasteiger partial charge in [-0.15, -0.1) is 0 Å². The molecule has 1 heteroatoms. The molecule has 4 heavy (non-hydrogen) atoms. The van der Waals surface area contributed by atoms with Gasteiger partial charge in [-0.2, -0.15) is 6.92 Å². The van der Waals surface area contributed by atoms with Crippen molar-refractivity contribution in [3.8, 4) is 0 Å². The summed E-state index contributed by atoms with van der Waals surface area (Å²) in [6, 6.07) is 0. The fraction of sp³-hybridized carbons (Fsp3) is 0.333. The Kier molecular flexibility index (Phi) is 266. The Hall–Kier alpha value is 0.766. The third kappa shape index (κ3) is 14.7. The van der Waals surface area contributed by atoms with Gasteiger partial charge in [0.05, 0.1) is 0 Å². The Labute approximate surface area is 44.7 Å². The van der Waals surface area contributed by atoms with Gasteiger partial charge in [0.15, 0.2) is 0 Å². The van der Waals surface area contributed by atoms with E-state index in [1.807, 2.05) is 0 Å². The Balaban J connectivity index is -0.00000000500. The molecule has 0 nitrogen and oxygen atoms in total. The summed E-state index contributed by atoms with van der Waals surface area (Å²) < 4.78 is 0. The molecule has 0 rings (SSSR count). The molecule has 0 N–H and O–H groups in total. The molecule has 0 spiro atoms. The summed E-state index contributed by atoms with van der Waals surface area (Å²) in [6.45, 7) is 5.00. The Morgan fingerprint density at radius 1 is 1.25 bits per heavy atom. The van der Waals surface area contributed by atoms with E-state index in [0.29, 0.717) is 0 Å². The standard InChI is InChI=1S/C2H5.CH3.Mg/c1-2;;/h1H2,2H3;1H3;/q2*-1;+2. The van der Waals surface area contributed by atoms with Crippen molar-refractivity contribution in [1.82, 2.24) is 0 Å². The van der Waals surface area contributed by atoms with Crippen LogP contribution in [0.25, 0.3) is 0 Å². The molecule has 0 aliphatic rings. The van der Waals surface area contributed by atoms with Crippen molar-refractivity contribution in [1.29, 1.82) is 0 Å². The van der Waals surface area contributed by atoms with Crippen LogP contribution in [0, 0.1) is 14.4 Å². The molecule has 22 valence electrons. The van der Waals surface area contributed by atoms with Crippen LogP contribution in [-0.2, 0) is 0 Å². The number of rotatable bonds is 0. The molecule has 0 aliphatic carbocycles. The van der Waals surface area contributed by atoms with E-state index >= 15 is 0 Å². The maximum atomic E-state index is 3.25. The number of hydrogen-bond acceptors (Lipinski definition) is 0. The first-order chi connectivity index (χ1) is 1.00. The summed E-state index contributed by atoms with van der Waals surface area (Å²) in [6.07, 6.45) is 0. The average Bonchev–Trinajstić information content (AvgIpc) is 1.00. The van der Waals surface area contributed by atoms with E-state index in [9.17, 15) is 0 Å². The first-order valence-electron chi connectivity index (χ1n) is 0.707. The predicted octanol–water partition coefficient (Wildman–Crippen LogP) is 0.910. The maximum absolute atomic E-state index is 3.25. The second-order valence-corrected chi connectivity index (χ2v) is 0. The Morgan fingerprint density at radius 2 is 1.25 bits per heavy atom. The molecule has 0 saturated carbocycles. The SMILES string of the molecule is [CH2-]C.[CH3-].[Mg+2]. The quantitative estimate of drug-likeness (QED) is 0.292. The fourth-order valence-corrected chi connectivity index (χ4v) is 0. The van der Waals surface area contributed by atoms with E-state index in [-0.39, 0.29) is 30.5 Å². The minimum atomic E-state index is 0. The second-order valence-electron chi connectivity index (χ2n) is 0. The van der Waals surface area contributed by atoms with Crippen LogP contribution in [-0.4, -0.2) is 23.1 Å². The van der Waals surface area contributed by atoms with E-state index in [4.69, 9.17) is 0 Å². The topological polar surface area (TPSA) is 0 Å². The molecule has 0 amide bonds. The van der Waals surface area contributed by atoms with Crippen LogP contribution in [0.5, 0.6) is 0 Å². The van der Waals surface area contributed by atoms with Gasteiger partial charge in [-0.25, -0.2) is 0 Å². The maximum Gasteiger partial charge on any atom is 2.00 e. The van der Waals surface area contributed by atoms with Crippen LogP contribution in [0.1, 0.15) is 6.92 Å². The van der Waals surface area contributed by atoms with E-state index in [1.165, 1.54) is 0 Å². The van der Waals surface area contributed by atoms with E-state index in [1.54, 1.807) is 6.92 Å². The van der Waals surface area contributed by atoms with Crippen molar-refractivity contribution >= 4 is 23.1 Å². The first kappa shape index (κ1) is 21.7. The Morgan fingerprint density at radius 3 is 1.25 bits per heavy atom. The van der Waals surface area contributed by atoms with Gasteiger partial charge in [-0.1, -0.05) is 0 Å². The average molecular weight is 68.4 g/mol. The summed E-state index contributed by atoms with van der Waals surface area (Å²) in [5, 5.41) is 0. The molecular weight excluding hydrogens is 60.3 g/mol. The zero-order valence-electron chi connectivity index (χ0n) is 3.41. The zero-order valence-corrected chi connectivity index (χ0v) is 4.83. The molecule has 0 aromatic carbocycles. The van der Waals surface area contributed by atoms with Crippen LogP contribution in [0.4, 0.5) is 0 Å². The molecule has 0 aromatic heterocycles. The van der Waals surface area contributed by atoms with Crippen LogP contribution in [0.15, 0.2) is 0 Å². The van der Waals surface area contributed by atoms with Crippen molar-refractivity contribution < 1.29 is 0 Å². The largest absolute Gasteiger partial charge is 2.00 e. The normalized spacial score (nSPS) is 1.50. The van der Waals surface area contributed by atoms with Crippen molar-refractivity contribution in [3.63, 3.8) is 0 Å². The van der Waals surface area contributed by atoms with Gasteiger partial charge in [0.2, 0.25) is 0 Å². The van der Waals surface area contributed by atoms with Crippen molar-refractivity contribution in [2.75, 3.05) is 0 Å². The van der Waals surface area contributed by atoms with Gasteiger partial charge in [-0.3, -0.25) is 0 Å².